The van der Waals surface area contributed by atoms with Gasteiger partial charge in [-0.15, -0.1) is 0 Å². The van der Waals surface area contributed by atoms with Gasteiger partial charge in [-0.25, -0.2) is 0 Å². The van der Waals surface area contributed by atoms with Crippen LogP contribution in [0.25, 0.3) is 0 Å². The van der Waals surface area contributed by atoms with Crippen molar-refractivity contribution in [3.8, 4) is 0 Å². The summed E-state index contributed by atoms with van der Waals surface area (Å²) in [6.45, 7) is 4.65. The highest BCUT2D eigenvalue weighted by Crippen LogP contribution is 2.28. The Labute approximate surface area is 154 Å². The number of carbonyl (C=O) groups excluding carboxylic acids is 2. The number of nitrogens with one attached hydrogen (secondary N) is 1. The Hall–Kier alpha value is -2.46. The number of fused-ring (bicyclic) bond motifs is 1. The van der Waals surface area contributed by atoms with Crippen molar-refractivity contribution in [2.24, 2.45) is 5.92 Å². The first-order chi connectivity index (χ1) is 12.6. The Kier molecular flexibility index (Phi) is 4.60. The molecule has 0 saturated carbocycles. The van der Waals surface area contributed by atoms with Gasteiger partial charge in [-0.3, -0.25) is 14.5 Å². The smallest absolute Gasteiger partial charge is 0.303 e. The average Bonchev–Trinajstić information content (AvgIpc) is 2.89. The topological polar surface area (TPSA) is 41.8 Å². The van der Waals surface area contributed by atoms with Crippen molar-refractivity contribution in [1.29, 1.82) is 0 Å². The van der Waals surface area contributed by atoms with Crippen LogP contribution in [-0.4, -0.2) is 31.4 Å². The Morgan fingerprint density at radius 1 is 1.04 bits per heavy atom. The summed E-state index contributed by atoms with van der Waals surface area (Å²) in [6.07, 6.45) is 3.47. The maximum absolute atomic E-state index is 12.4. The molecule has 2 aromatic rings. The molecule has 0 radical (unpaired) electrons. The highest BCUT2D eigenvalue weighted by Gasteiger charge is 2.38. The molecule has 1 amide bonds. The molecule has 0 aliphatic carbocycles. The fourth-order valence-electron chi connectivity index (χ4n) is 4.19. The minimum Gasteiger partial charge on any atom is -0.317 e. The monoisotopic (exact) mass is 349 g/mol. The summed E-state index contributed by atoms with van der Waals surface area (Å²) in [7, 11) is 0. The lowest BCUT2D eigenvalue weighted by atomic mass is 9.90. The van der Waals surface area contributed by atoms with E-state index in [9.17, 15) is 9.59 Å². The maximum Gasteiger partial charge on any atom is 0.303 e. The fourth-order valence-corrected chi connectivity index (χ4v) is 4.19. The van der Waals surface area contributed by atoms with Crippen LogP contribution in [0.5, 0.6) is 0 Å². The van der Waals surface area contributed by atoms with Crippen LogP contribution in [0.1, 0.15) is 34.3 Å². The van der Waals surface area contributed by atoms with Gasteiger partial charge in [-0.05, 0) is 49.8 Å². The number of carbonyl (C=O) groups is 2. The number of quaternary nitrogens is 1. The summed E-state index contributed by atoms with van der Waals surface area (Å²) < 4.78 is 0. The molecule has 1 fully saturated rings. The van der Waals surface area contributed by atoms with Gasteiger partial charge < -0.3 is 4.90 Å². The third-order valence-electron chi connectivity index (χ3n) is 5.69. The Bertz CT molecular complexity index is 823. The number of anilines is 1. The normalized spacial score (nSPS) is 22.6. The van der Waals surface area contributed by atoms with E-state index < -0.39 is 0 Å². The molecule has 0 bridgehead atoms. The van der Waals surface area contributed by atoms with Gasteiger partial charge in [0.05, 0.1) is 24.3 Å². The number of likely N-dealkylation sites (tertiary alicyclic amines) is 1. The number of benzene rings is 2. The quantitative estimate of drug-likeness (QED) is 0.858. The van der Waals surface area contributed by atoms with Crippen molar-refractivity contribution in [3.63, 3.8) is 0 Å². The van der Waals surface area contributed by atoms with Gasteiger partial charge in [0.2, 0.25) is 0 Å². The minimum atomic E-state index is -0.371. The summed E-state index contributed by atoms with van der Waals surface area (Å²) in [6, 6.07) is 16.4. The molecule has 1 saturated heterocycles. The van der Waals surface area contributed by atoms with Gasteiger partial charge in [-0.1, -0.05) is 42.0 Å². The fraction of sp³-hybridized carbons (Fsp3) is 0.364. The second kappa shape index (κ2) is 7.04. The SMILES string of the molecule is Cc1ccc2c(c1)C(=O)C(=O)N2C[NH+]1CCC(Cc2ccccc2)CC1. The lowest BCUT2D eigenvalue weighted by Gasteiger charge is -2.31. The second-order valence-electron chi connectivity index (χ2n) is 7.62. The van der Waals surface area contributed by atoms with Crippen molar-refractivity contribution >= 4 is 17.4 Å². The zero-order valence-corrected chi connectivity index (χ0v) is 15.2. The van der Waals surface area contributed by atoms with Crippen LogP contribution in [-0.2, 0) is 11.2 Å². The maximum atomic E-state index is 12.4. The average molecular weight is 349 g/mol. The molecule has 2 aliphatic rings. The Balaban J connectivity index is 1.38. The predicted molar refractivity (Wildman–Crippen MR) is 101 cm³/mol. The van der Waals surface area contributed by atoms with Gasteiger partial charge in [-0.2, -0.15) is 0 Å². The first kappa shape index (κ1) is 17.0. The molecule has 0 aromatic heterocycles. The van der Waals surface area contributed by atoms with Crippen LogP contribution in [0, 0.1) is 12.8 Å². The van der Waals surface area contributed by atoms with E-state index in [1.165, 1.54) is 23.3 Å². The number of hydrogen-bond acceptors (Lipinski definition) is 2. The number of rotatable bonds is 4. The van der Waals surface area contributed by atoms with Crippen molar-refractivity contribution < 1.29 is 14.5 Å². The van der Waals surface area contributed by atoms with Crippen LogP contribution < -0.4 is 9.80 Å². The molecule has 4 heteroatoms. The molecular formula is C22H25N2O2+. The highest BCUT2D eigenvalue weighted by atomic mass is 16.2. The van der Waals surface area contributed by atoms with Crippen LogP contribution >= 0.6 is 0 Å². The van der Waals surface area contributed by atoms with E-state index in [2.05, 4.69) is 30.3 Å². The van der Waals surface area contributed by atoms with Gasteiger partial charge in [0.25, 0.3) is 5.78 Å². The van der Waals surface area contributed by atoms with Crippen LogP contribution in [0.2, 0.25) is 0 Å². The summed E-state index contributed by atoms with van der Waals surface area (Å²) >= 11 is 0. The van der Waals surface area contributed by atoms with Crippen molar-refractivity contribution in [1.82, 2.24) is 0 Å². The Morgan fingerprint density at radius 3 is 2.50 bits per heavy atom. The molecule has 2 aliphatic heterocycles. The molecule has 2 heterocycles. The van der Waals surface area contributed by atoms with Crippen LogP contribution in [0.4, 0.5) is 5.69 Å². The molecule has 4 rings (SSSR count). The summed E-state index contributed by atoms with van der Waals surface area (Å²) in [4.78, 5) is 27.7. The van der Waals surface area contributed by atoms with Gasteiger partial charge in [0.1, 0.15) is 0 Å². The molecule has 0 atom stereocenters. The van der Waals surface area contributed by atoms with E-state index in [0.717, 1.165) is 30.8 Å². The number of piperidine rings is 1. The third kappa shape index (κ3) is 3.29. The number of aryl methyl sites for hydroxylation is 1. The summed E-state index contributed by atoms with van der Waals surface area (Å²) in [5.74, 6) is -0.0152. The molecule has 26 heavy (non-hydrogen) atoms. The number of nitrogens with zero attached hydrogens (tertiary/aromatic N) is 1. The van der Waals surface area contributed by atoms with Crippen LogP contribution in [0.3, 0.4) is 0 Å². The van der Waals surface area contributed by atoms with Crippen molar-refractivity contribution in [2.75, 3.05) is 24.7 Å². The molecule has 4 nitrogen and oxygen atoms in total. The zero-order chi connectivity index (χ0) is 18.1. The predicted octanol–water partition coefficient (Wildman–Crippen LogP) is 2.02. The van der Waals surface area contributed by atoms with E-state index in [4.69, 9.17) is 0 Å². The molecule has 134 valence electrons. The standard InChI is InChI=1S/C22H24N2O2/c1-16-7-8-20-19(13-16)21(25)22(26)24(20)15-23-11-9-18(10-12-23)14-17-5-3-2-4-6-17/h2-8,13,18H,9-12,14-15H2,1H3/p+1. The summed E-state index contributed by atoms with van der Waals surface area (Å²) in [5, 5.41) is 0. The molecule has 0 spiro atoms. The van der Waals surface area contributed by atoms with E-state index in [-0.39, 0.29) is 11.7 Å². The number of amides is 1. The van der Waals surface area contributed by atoms with Crippen molar-refractivity contribution in [3.05, 3.63) is 65.2 Å². The third-order valence-corrected chi connectivity index (χ3v) is 5.69. The summed E-state index contributed by atoms with van der Waals surface area (Å²) in [5.41, 5.74) is 3.77. The molecule has 2 aromatic carbocycles. The number of ketones is 1. The van der Waals surface area contributed by atoms with Crippen LogP contribution in [0.15, 0.2) is 48.5 Å². The van der Waals surface area contributed by atoms with Crippen molar-refractivity contribution in [2.45, 2.75) is 26.2 Å². The minimum absolute atomic E-state index is 0.359. The Morgan fingerprint density at radius 2 is 1.77 bits per heavy atom. The zero-order valence-electron chi connectivity index (χ0n) is 15.2. The van der Waals surface area contributed by atoms with E-state index in [1.54, 1.807) is 4.90 Å². The van der Waals surface area contributed by atoms with Gasteiger partial charge in [0, 0.05) is 0 Å². The number of Topliss-reactive ketones (excluding diaryl/α,β-unsaturated/α-hetero) is 1. The second-order valence-corrected chi connectivity index (χ2v) is 7.62. The van der Waals surface area contributed by atoms with E-state index in [0.29, 0.717) is 18.2 Å². The molecule has 0 unspecified atom stereocenters. The molecule has 1 N–H and O–H groups in total. The lowest BCUT2D eigenvalue weighted by Crippen LogP contribution is -3.14. The van der Waals surface area contributed by atoms with E-state index in [1.807, 2.05) is 25.1 Å². The van der Waals surface area contributed by atoms with Gasteiger partial charge >= 0.3 is 5.91 Å². The first-order valence-electron chi connectivity index (χ1n) is 9.46. The lowest BCUT2D eigenvalue weighted by molar-refractivity contribution is -0.904. The van der Waals surface area contributed by atoms with Gasteiger partial charge in [0.15, 0.2) is 6.67 Å². The molecular weight excluding hydrogens is 324 g/mol. The highest BCUT2D eigenvalue weighted by molar-refractivity contribution is 6.52. The first-order valence-corrected chi connectivity index (χ1v) is 9.46. The number of hydrogen-bond donors (Lipinski definition) is 1. The largest absolute Gasteiger partial charge is 0.317 e. The van der Waals surface area contributed by atoms with E-state index >= 15 is 0 Å².